The van der Waals surface area contributed by atoms with Crippen LogP contribution in [-0.2, 0) is 14.3 Å². The molecule has 0 bridgehead atoms. The van der Waals surface area contributed by atoms with Crippen molar-refractivity contribution in [2.24, 2.45) is 5.73 Å². The number of benzene rings is 2. The van der Waals surface area contributed by atoms with Crippen LogP contribution in [0.2, 0.25) is 0 Å². The van der Waals surface area contributed by atoms with Gasteiger partial charge in [0.05, 0.1) is 24.8 Å². The van der Waals surface area contributed by atoms with Gasteiger partial charge in [-0.2, -0.15) is 0 Å². The van der Waals surface area contributed by atoms with Crippen molar-refractivity contribution in [3.8, 4) is 11.3 Å². The molecule has 4 N–H and O–H groups in total. The Labute approximate surface area is 216 Å². The quantitative estimate of drug-likeness (QED) is 0.407. The first-order chi connectivity index (χ1) is 17.9. The molecule has 1 aliphatic rings. The number of carbonyl (C=O) groups is 2. The molecule has 0 aliphatic carbocycles. The van der Waals surface area contributed by atoms with E-state index in [1.807, 2.05) is 47.4 Å². The third kappa shape index (κ3) is 7.02. The topological polar surface area (TPSA) is 126 Å². The first-order valence-electron chi connectivity index (χ1n) is 12.3. The van der Waals surface area contributed by atoms with Gasteiger partial charge < -0.3 is 30.9 Å². The van der Waals surface area contributed by atoms with E-state index in [1.54, 1.807) is 20.2 Å². The number of anilines is 4. The number of rotatable bonds is 9. The lowest BCUT2D eigenvalue weighted by Gasteiger charge is -2.36. The molecular weight excluding hydrogens is 470 g/mol. The van der Waals surface area contributed by atoms with Crippen molar-refractivity contribution >= 4 is 34.8 Å². The van der Waals surface area contributed by atoms with Gasteiger partial charge in [-0.25, -0.2) is 9.97 Å². The van der Waals surface area contributed by atoms with E-state index in [9.17, 15) is 9.59 Å². The van der Waals surface area contributed by atoms with Gasteiger partial charge >= 0.3 is 0 Å². The van der Waals surface area contributed by atoms with E-state index >= 15 is 0 Å². The van der Waals surface area contributed by atoms with E-state index in [0.717, 1.165) is 35.7 Å². The fourth-order valence-electron chi connectivity index (χ4n) is 4.01. The van der Waals surface area contributed by atoms with Crippen molar-refractivity contribution in [3.63, 3.8) is 0 Å². The summed E-state index contributed by atoms with van der Waals surface area (Å²) in [6.45, 7) is 5.11. The second-order valence-electron chi connectivity index (χ2n) is 8.90. The van der Waals surface area contributed by atoms with Crippen LogP contribution in [0.15, 0.2) is 60.8 Å². The van der Waals surface area contributed by atoms with Gasteiger partial charge in [-0.1, -0.05) is 12.1 Å². The Morgan fingerprint density at radius 1 is 1.00 bits per heavy atom. The van der Waals surface area contributed by atoms with Gasteiger partial charge in [0.15, 0.2) is 0 Å². The molecule has 4 rings (SSSR count). The minimum atomic E-state index is -0.573. The minimum absolute atomic E-state index is 0.146. The number of nitrogens with one attached hydrogen (secondary N) is 2. The second kappa shape index (κ2) is 12.3. The maximum Gasteiger partial charge on any atom is 0.240 e. The van der Waals surface area contributed by atoms with Gasteiger partial charge in [0, 0.05) is 62.1 Å². The zero-order chi connectivity index (χ0) is 26.2. The maximum atomic E-state index is 12.2. The number of ether oxygens (including phenoxy) is 1. The zero-order valence-corrected chi connectivity index (χ0v) is 21.2. The van der Waals surface area contributed by atoms with Gasteiger partial charge in [0.2, 0.25) is 17.8 Å². The van der Waals surface area contributed by atoms with Crippen molar-refractivity contribution in [3.05, 3.63) is 60.8 Å². The Balaban J connectivity index is 1.34. The summed E-state index contributed by atoms with van der Waals surface area (Å²) < 4.78 is 5.01. The zero-order valence-electron chi connectivity index (χ0n) is 21.2. The van der Waals surface area contributed by atoms with Crippen LogP contribution in [0.4, 0.5) is 23.0 Å². The van der Waals surface area contributed by atoms with Gasteiger partial charge in [-0.05, 0) is 49.4 Å². The number of hydrogen-bond donors (Lipinski definition) is 3. The molecule has 1 aromatic heterocycles. The number of piperazine rings is 1. The van der Waals surface area contributed by atoms with E-state index in [1.165, 1.54) is 0 Å². The molecule has 194 valence electrons. The molecular formula is C27H33N7O3. The summed E-state index contributed by atoms with van der Waals surface area (Å²) in [4.78, 5) is 37.1. The van der Waals surface area contributed by atoms with Crippen molar-refractivity contribution in [2.75, 3.05) is 55.4 Å². The first-order valence-corrected chi connectivity index (χ1v) is 12.3. The third-order valence-electron chi connectivity index (χ3n) is 6.16. The van der Waals surface area contributed by atoms with Crippen molar-refractivity contribution in [1.29, 1.82) is 0 Å². The van der Waals surface area contributed by atoms with Crippen LogP contribution in [0.3, 0.4) is 0 Å². The van der Waals surface area contributed by atoms with E-state index in [-0.39, 0.29) is 11.8 Å². The average Bonchev–Trinajstić information content (AvgIpc) is 2.93. The highest BCUT2D eigenvalue weighted by Gasteiger charge is 2.21. The summed E-state index contributed by atoms with van der Waals surface area (Å²) in [7, 11) is 1.61. The van der Waals surface area contributed by atoms with Crippen molar-refractivity contribution < 1.29 is 14.3 Å². The summed E-state index contributed by atoms with van der Waals surface area (Å²) in [6, 6.07) is 16.8. The van der Waals surface area contributed by atoms with Gasteiger partial charge in [0.25, 0.3) is 0 Å². The molecule has 1 fully saturated rings. The maximum absolute atomic E-state index is 12.2. The van der Waals surface area contributed by atoms with Crippen LogP contribution >= 0.6 is 0 Å². The summed E-state index contributed by atoms with van der Waals surface area (Å²) in [5, 5.41) is 6.03. The Morgan fingerprint density at radius 3 is 2.32 bits per heavy atom. The van der Waals surface area contributed by atoms with Crippen LogP contribution in [-0.4, -0.2) is 72.6 Å². The smallest absolute Gasteiger partial charge is 0.240 e. The van der Waals surface area contributed by atoms with Crippen LogP contribution in [0.5, 0.6) is 0 Å². The number of amides is 2. The predicted molar refractivity (Wildman–Crippen MR) is 145 cm³/mol. The van der Waals surface area contributed by atoms with Gasteiger partial charge in [-0.3, -0.25) is 9.59 Å². The number of nitrogens with zero attached hydrogens (tertiary/aromatic N) is 4. The number of hydrogen-bond acceptors (Lipinski definition) is 8. The van der Waals surface area contributed by atoms with E-state index in [4.69, 9.17) is 10.5 Å². The minimum Gasteiger partial charge on any atom is -0.384 e. The molecule has 37 heavy (non-hydrogen) atoms. The summed E-state index contributed by atoms with van der Waals surface area (Å²) in [6.07, 6.45) is 2.13. The average molecular weight is 504 g/mol. The molecule has 0 saturated carbocycles. The third-order valence-corrected chi connectivity index (χ3v) is 6.16. The number of carbonyl (C=O) groups excluding carboxylic acids is 2. The van der Waals surface area contributed by atoms with Crippen molar-refractivity contribution in [2.45, 2.75) is 19.4 Å². The fraction of sp³-hybridized carbons (Fsp3) is 0.333. The number of nitrogens with two attached hydrogens (primary N) is 1. The lowest BCUT2D eigenvalue weighted by Crippen LogP contribution is -2.49. The summed E-state index contributed by atoms with van der Waals surface area (Å²) in [5.41, 5.74) is 9.94. The van der Waals surface area contributed by atoms with Crippen LogP contribution in [0.1, 0.15) is 13.3 Å². The standard InChI is InChI=1S/C27H33N7O3/c1-19(28)26(36)30-21-5-3-20(4-6-21)24-11-13-29-27(32-24)31-22-7-9-23(10-8-22)33-14-16-34(17-15-33)25(35)12-18-37-2/h3-11,13,19H,12,14-18,28H2,1-2H3,(H,30,36)(H,29,31,32). The van der Waals surface area contributed by atoms with Gasteiger partial charge in [0.1, 0.15) is 0 Å². The highest BCUT2D eigenvalue weighted by molar-refractivity contribution is 5.94. The molecule has 2 heterocycles. The molecule has 1 aliphatic heterocycles. The van der Waals surface area contributed by atoms with Crippen molar-refractivity contribution in [1.82, 2.24) is 14.9 Å². The molecule has 3 aromatic rings. The van der Waals surface area contributed by atoms with Crippen LogP contribution in [0, 0.1) is 0 Å². The fourth-order valence-corrected chi connectivity index (χ4v) is 4.01. The first kappa shape index (κ1) is 26.1. The molecule has 0 spiro atoms. The van der Waals surface area contributed by atoms with E-state index in [0.29, 0.717) is 37.8 Å². The molecule has 10 heteroatoms. The summed E-state index contributed by atoms with van der Waals surface area (Å²) >= 11 is 0. The van der Waals surface area contributed by atoms with E-state index < -0.39 is 6.04 Å². The van der Waals surface area contributed by atoms with Crippen LogP contribution in [0.25, 0.3) is 11.3 Å². The number of aromatic nitrogens is 2. The Morgan fingerprint density at radius 2 is 1.68 bits per heavy atom. The summed E-state index contributed by atoms with van der Waals surface area (Å²) in [5.74, 6) is 0.401. The molecule has 1 atom stereocenters. The molecule has 2 amide bonds. The SMILES string of the molecule is COCCC(=O)N1CCN(c2ccc(Nc3nccc(-c4ccc(NC(=O)C(C)N)cc4)n3)cc2)CC1. The lowest BCUT2D eigenvalue weighted by molar-refractivity contribution is -0.132. The Hall–Kier alpha value is -4.02. The highest BCUT2D eigenvalue weighted by atomic mass is 16.5. The molecule has 1 saturated heterocycles. The second-order valence-corrected chi connectivity index (χ2v) is 8.90. The molecule has 1 unspecified atom stereocenters. The molecule has 10 nitrogen and oxygen atoms in total. The number of methoxy groups -OCH3 is 1. The Bertz CT molecular complexity index is 1190. The molecule has 2 aromatic carbocycles. The Kier molecular flexibility index (Phi) is 8.65. The van der Waals surface area contributed by atoms with E-state index in [2.05, 4.69) is 37.6 Å². The monoisotopic (exact) mass is 503 g/mol. The molecule has 0 radical (unpaired) electrons. The van der Waals surface area contributed by atoms with Crippen LogP contribution < -0.4 is 21.3 Å². The highest BCUT2D eigenvalue weighted by Crippen LogP contribution is 2.24. The predicted octanol–water partition coefficient (Wildman–Crippen LogP) is 2.86. The lowest BCUT2D eigenvalue weighted by atomic mass is 10.1. The largest absolute Gasteiger partial charge is 0.384 e. The normalized spacial score (nSPS) is 14.2. The van der Waals surface area contributed by atoms with Gasteiger partial charge in [-0.15, -0.1) is 0 Å².